The average molecular weight is 287 g/mol. The molecule has 1 unspecified atom stereocenters. The topological polar surface area (TPSA) is 125 Å². The molecule has 2 amide bonds. The zero-order chi connectivity index (χ0) is 15.1. The van der Waals surface area contributed by atoms with Crippen molar-refractivity contribution in [3.63, 3.8) is 0 Å². The van der Waals surface area contributed by atoms with Crippen LogP contribution in [0.1, 0.15) is 32.6 Å². The Morgan fingerprint density at radius 3 is 2.40 bits per heavy atom. The number of carbonyl (C=O) groups is 2. The normalized spacial score (nSPS) is 18.9. The number of hydrogen-bond donors (Lipinski definition) is 5. The highest BCUT2D eigenvalue weighted by Crippen LogP contribution is 2.41. The van der Waals surface area contributed by atoms with Gasteiger partial charge in [0, 0.05) is 12.6 Å². The number of hydrogen-bond acceptors (Lipinski definition) is 3. The molecule has 0 heterocycles. The maximum Gasteiger partial charge on any atom is 0.404 e. The Morgan fingerprint density at radius 2 is 1.95 bits per heavy atom. The number of nitrogens with two attached hydrogens (primary N) is 1. The van der Waals surface area contributed by atoms with Crippen LogP contribution in [0, 0.1) is 17.8 Å². The molecule has 0 aromatic rings. The lowest BCUT2D eigenvalue weighted by molar-refractivity contribution is 0.176. The average Bonchev–Trinajstić information content (AvgIpc) is 3.15. The first-order chi connectivity index (χ1) is 9.43. The second-order valence-electron chi connectivity index (χ2n) is 5.59. The third kappa shape index (κ3) is 6.10. The van der Waals surface area contributed by atoms with E-state index in [0.717, 1.165) is 12.8 Å². The first kappa shape index (κ1) is 16.6. The fourth-order valence-corrected chi connectivity index (χ4v) is 2.71. The van der Waals surface area contributed by atoms with E-state index in [2.05, 4.69) is 10.6 Å². The van der Waals surface area contributed by atoms with Crippen LogP contribution in [0.2, 0.25) is 0 Å². The van der Waals surface area contributed by atoms with Crippen LogP contribution in [0.15, 0.2) is 0 Å². The van der Waals surface area contributed by atoms with Crippen LogP contribution in [0.3, 0.4) is 0 Å². The molecule has 20 heavy (non-hydrogen) atoms. The van der Waals surface area contributed by atoms with Crippen molar-refractivity contribution in [2.45, 2.75) is 38.6 Å². The second kappa shape index (κ2) is 7.94. The van der Waals surface area contributed by atoms with E-state index in [9.17, 15) is 9.59 Å². The summed E-state index contributed by atoms with van der Waals surface area (Å²) in [6.45, 7) is 2.64. The molecule has 1 saturated carbocycles. The number of amides is 2. The molecule has 0 aromatic carbocycles. The van der Waals surface area contributed by atoms with Gasteiger partial charge in [-0.2, -0.15) is 0 Å². The van der Waals surface area contributed by atoms with Gasteiger partial charge in [-0.15, -0.1) is 0 Å². The third-order valence-electron chi connectivity index (χ3n) is 4.01. The lowest BCUT2D eigenvalue weighted by Gasteiger charge is -2.28. The first-order valence-corrected chi connectivity index (χ1v) is 7.10. The molecule has 0 aliphatic heterocycles. The molecule has 3 atom stereocenters. The summed E-state index contributed by atoms with van der Waals surface area (Å²) in [7, 11) is 0. The summed E-state index contributed by atoms with van der Waals surface area (Å²) in [6.07, 6.45) is 1.94. The SMILES string of the molecule is C[C@@H](NC(=O)O)[C@H](CNC(=O)O)CC(CCN)C1CC1. The van der Waals surface area contributed by atoms with Gasteiger partial charge in [0.05, 0.1) is 0 Å². The molecule has 0 bridgehead atoms. The van der Waals surface area contributed by atoms with Crippen molar-refractivity contribution in [1.82, 2.24) is 10.6 Å². The number of carboxylic acid groups (broad SMARTS) is 2. The Bertz CT molecular complexity index is 334. The van der Waals surface area contributed by atoms with E-state index in [-0.39, 0.29) is 18.5 Å². The molecular formula is C13H25N3O4. The van der Waals surface area contributed by atoms with E-state index in [1.807, 2.05) is 0 Å². The van der Waals surface area contributed by atoms with Gasteiger partial charge in [-0.1, -0.05) is 0 Å². The fourth-order valence-electron chi connectivity index (χ4n) is 2.71. The molecule has 6 N–H and O–H groups in total. The van der Waals surface area contributed by atoms with Gasteiger partial charge >= 0.3 is 12.2 Å². The Kier molecular flexibility index (Phi) is 6.57. The summed E-state index contributed by atoms with van der Waals surface area (Å²) in [5.74, 6) is 1.07. The maximum atomic E-state index is 10.7. The van der Waals surface area contributed by atoms with Gasteiger partial charge in [0.15, 0.2) is 0 Å². The molecule has 0 radical (unpaired) electrons. The van der Waals surface area contributed by atoms with Gasteiger partial charge in [0.1, 0.15) is 0 Å². The van der Waals surface area contributed by atoms with E-state index in [0.29, 0.717) is 18.4 Å². The van der Waals surface area contributed by atoms with Crippen LogP contribution in [0.4, 0.5) is 9.59 Å². The minimum atomic E-state index is -1.08. The molecule has 1 aliphatic carbocycles. The summed E-state index contributed by atoms with van der Waals surface area (Å²) in [5, 5.41) is 22.3. The van der Waals surface area contributed by atoms with Crippen molar-refractivity contribution >= 4 is 12.2 Å². The Balaban J connectivity index is 2.58. The minimum Gasteiger partial charge on any atom is -0.465 e. The zero-order valence-electron chi connectivity index (χ0n) is 11.8. The van der Waals surface area contributed by atoms with E-state index in [4.69, 9.17) is 15.9 Å². The van der Waals surface area contributed by atoms with Crippen LogP contribution in [0.25, 0.3) is 0 Å². The molecular weight excluding hydrogens is 262 g/mol. The van der Waals surface area contributed by atoms with Crippen molar-refractivity contribution in [2.24, 2.45) is 23.5 Å². The predicted molar refractivity (Wildman–Crippen MR) is 74.6 cm³/mol. The fraction of sp³-hybridized carbons (Fsp3) is 0.846. The lowest BCUT2D eigenvalue weighted by Crippen LogP contribution is -2.43. The van der Waals surface area contributed by atoms with Crippen LogP contribution in [-0.2, 0) is 0 Å². The number of rotatable bonds is 9. The van der Waals surface area contributed by atoms with Gasteiger partial charge < -0.3 is 26.6 Å². The van der Waals surface area contributed by atoms with Crippen LogP contribution in [-0.4, -0.2) is 41.5 Å². The molecule has 7 nitrogen and oxygen atoms in total. The summed E-state index contributed by atoms with van der Waals surface area (Å²) in [5.41, 5.74) is 5.63. The summed E-state index contributed by atoms with van der Waals surface area (Å²) in [6, 6.07) is -0.293. The van der Waals surface area contributed by atoms with Crippen molar-refractivity contribution < 1.29 is 19.8 Å². The molecule has 0 aromatic heterocycles. The third-order valence-corrected chi connectivity index (χ3v) is 4.01. The largest absolute Gasteiger partial charge is 0.465 e. The Hall–Kier alpha value is -1.50. The van der Waals surface area contributed by atoms with Gasteiger partial charge in [0.25, 0.3) is 0 Å². The molecule has 116 valence electrons. The standard InChI is InChI=1S/C13H25N3O4/c1-8(16-13(19)20)11(7-15-12(17)18)6-10(4-5-14)9-2-3-9/h8-11,15-16H,2-7,14H2,1H3,(H,17,18)(H,19,20)/t8-,10?,11+/m1/s1. The number of nitrogens with one attached hydrogen (secondary N) is 2. The highest BCUT2D eigenvalue weighted by molar-refractivity contribution is 5.65. The van der Waals surface area contributed by atoms with Gasteiger partial charge in [-0.3, -0.25) is 0 Å². The Morgan fingerprint density at radius 1 is 1.30 bits per heavy atom. The van der Waals surface area contributed by atoms with E-state index in [1.54, 1.807) is 6.92 Å². The van der Waals surface area contributed by atoms with Crippen LogP contribution in [0.5, 0.6) is 0 Å². The lowest BCUT2D eigenvalue weighted by atomic mass is 9.85. The smallest absolute Gasteiger partial charge is 0.404 e. The molecule has 0 spiro atoms. The molecule has 1 aliphatic rings. The van der Waals surface area contributed by atoms with Crippen LogP contribution >= 0.6 is 0 Å². The van der Waals surface area contributed by atoms with Gasteiger partial charge in [-0.05, 0) is 56.9 Å². The van der Waals surface area contributed by atoms with Crippen molar-refractivity contribution in [2.75, 3.05) is 13.1 Å². The minimum absolute atomic E-state index is 0.0562. The Labute approximate surface area is 118 Å². The summed E-state index contributed by atoms with van der Waals surface area (Å²) >= 11 is 0. The van der Waals surface area contributed by atoms with Gasteiger partial charge in [0.2, 0.25) is 0 Å². The maximum absolute atomic E-state index is 10.7. The summed E-state index contributed by atoms with van der Waals surface area (Å²) < 4.78 is 0. The first-order valence-electron chi connectivity index (χ1n) is 7.10. The molecule has 7 heteroatoms. The quantitative estimate of drug-likeness (QED) is 0.437. The molecule has 0 saturated heterocycles. The second-order valence-corrected chi connectivity index (χ2v) is 5.59. The highest BCUT2D eigenvalue weighted by Gasteiger charge is 2.33. The molecule has 1 fully saturated rings. The monoisotopic (exact) mass is 287 g/mol. The van der Waals surface area contributed by atoms with E-state index in [1.165, 1.54) is 12.8 Å². The van der Waals surface area contributed by atoms with Crippen LogP contribution < -0.4 is 16.4 Å². The zero-order valence-corrected chi connectivity index (χ0v) is 11.8. The van der Waals surface area contributed by atoms with Crippen molar-refractivity contribution in [3.8, 4) is 0 Å². The van der Waals surface area contributed by atoms with Crippen molar-refractivity contribution in [3.05, 3.63) is 0 Å². The van der Waals surface area contributed by atoms with Crippen molar-refractivity contribution in [1.29, 1.82) is 0 Å². The predicted octanol–water partition coefficient (Wildman–Crippen LogP) is 1.29. The van der Waals surface area contributed by atoms with E-state index >= 15 is 0 Å². The highest BCUT2D eigenvalue weighted by atomic mass is 16.4. The molecule has 1 rings (SSSR count). The van der Waals surface area contributed by atoms with E-state index < -0.39 is 12.2 Å². The summed E-state index contributed by atoms with van der Waals surface area (Å²) in [4.78, 5) is 21.4. The van der Waals surface area contributed by atoms with Gasteiger partial charge in [-0.25, -0.2) is 9.59 Å².